The van der Waals surface area contributed by atoms with Gasteiger partial charge < -0.3 is 15.0 Å². The number of carbonyl (C=O) groups is 2. The van der Waals surface area contributed by atoms with E-state index < -0.39 is 29.3 Å². The van der Waals surface area contributed by atoms with Crippen LogP contribution < -0.4 is 10.2 Å². The molecule has 0 unspecified atom stereocenters. The molecule has 5 rings (SSSR count). The van der Waals surface area contributed by atoms with Crippen molar-refractivity contribution in [2.24, 2.45) is 5.41 Å². The number of halogens is 1. The molecule has 2 saturated heterocycles. The van der Waals surface area contributed by atoms with E-state index >= 15 is 0 Å². The highest BCUT2D eigenvalue weighted by Gasteiger charge is 2.40. The fourth-order valence-corrected chi connectivity index (χ4v) is 4.62. The molecule has 2 amide bonds. The lowest BCUT2D eigenvalue weighted by Crippen LogP contribution is -2.36. The second-order valence-electron chi connectivity index (χ2n) is 11.3. The number of fused-ring (bicyclic) bond motifs is 1. The smallest absolute Gasteiger partial charge is 0.410 e. The van der Waals surface area contributed by atoms with E-state index in [0.29, 0.717) is 35.2 Å². The van der Waals surface area contributed by atoms with Crippen LogP contribution in [0.5, 0.6) is 0 Å². The summed E-state index contributed by atoms with van der Waals surface area (Å²) in [5.74, 6) is 1.09. The molecule has 1 N–H and O–H groups in total. The fourth-order valence-electron chi connectivity index (χ4n) is 4.62. The monoisotopic (exact) mass is 509 g/mol. The van der Waals surface area contributed by atoms with Crippen LogP contribution in [0.3, 0.4) is 0 Å². The quantitative estimate of drug-likeness (QED) is 0.568. The molecular formula is C26H32FN7O3. The van der Waals surface area contributed by atoms with Crippen molar-refractivity contribution in [2.45, 2.75) is 58.9 Å². The number of amides is 2. The van der Waals surface area contributed by atoms with Crippen LogP contribution in [0.2, 0.25) is 0 Å². The summed E-state index contributed by atoms with van der Waals surface area (Å²) in [7, 11) is 0. The highest BCUT2D eigenvalue weighted by Crippen LogP contribution is 2.33. The first kappa shape index (κ1) is 24.9. The first-order valence-electron chi connectivity index (χ1n) is 12.4. The van der Waals surface area contributed by atoms with E-state index in [1.54, 1.807) is 50.3 Å². The van der Waals surface area contributed by atoms with Crippen molar-refractivity contribution >= 4 is 29.3 Å². The van der Waals surface area contributed by atoms with Crippen molar-refractivity contribution in [1.82, 2.24) is 24.3 Å². The van der Waals surface area contributed by atoms with E-state index in [1.165, 1.54) is 4.90 Å². The van der Waals surface area contributed by atoms with Crippen LogP contribution in [-0.2, 0) is 9.53 Å². The van der Waals surface area contributed by atoms with Gasteiger partial charge in [-0.15, -0.1) is 0 Å². The Bertz CT molecular complexity index is 1350. The number of hydrogen-bond acceptors (Lipinski definition) is 7. The summed E-state index contributed by atoms with van der Waals surface area (Å²) in [6, 6.07) is 4.81. The van der Waals surface area contributed by atoms with Crippen molar-refractivity contribution in [3.05, 3.63) is 36.8 Å². The third-order valence-corrected chi connectivity index (χ3v) is 6.69. The highest BCUT2D eigenvalue weighted by molar-refractivity contribution is 5.98. The van der Waals surface area contributed by atoms with Gasteiger partial charge in [0.15, 0.2) is 11.5 Å². The predicted molar refractivity (Wildman–Crippen MR) is 137 cm³/mol. The largest absolute Gasteiger partial charge is 0.444 e. The minimum Gasteiger partial charge on any atom is -0.444 e. The molecule has 2 aliphatic rings. The zero-order valence-corrected chi connectivity index (χ0v) is 21.7. The van der Waals surface area contributed by atoms with Gasteiger partial charge in [0.05, 0.1) is 42.6 Å². The molecule has 196 valence electrons. The molecule has 10 nitrogen and oxygen atoms in total. The number of nitrogens with one attached hydrogen (secondary N) is 1. The SMILES string of the molecule is CC(C)(C)OC(=O)N1C[C@H](Nc2cccc(-c3cnc4cnc(N5CCC(C)(C)C5=O)cn34)n2)[C@@H](F)C1. The minimum atomic E-state index is -1.26. The third kappa shape index (κ3) is 4.94. The molecular weight excluding hydrogens is 477 g/mol. The Balaban J connectivity index is 1.36. The van der Waals surface area contributed by atoms with Gasteiger partial charge in [0.25, 0.3) is 0 Å². The maximum absolute atomic E-state index is 14.8. The molecule has 11 heteroatoms. The van der Waals surface area contributed by atoms with Gasteiger partial charge in [0, 0.05) is 18.5 Å². The number of alkyl halides is 1. The zero-order valence-electron chi connectivity index (χ0n) is 21.7. The number of aromatic nitrogens is 4. The van der Waals surface area contributed by atoms with Crippen LogP contribution in [0, 0.1) is 5.41 Å². The van der Waals surface area contributed by atoms with E-state index in [4.69, 9.17) is 4.74 Å². The van der Waals surface area contributed by atoms with Gasteiger partial charge in [-0.3, -0.25) is 14.1 Å². The van der Waals surface area contributed by atoms with Gasteiger partial charge in [0.1, 0.15) is 17.6 Å². The number of carbonyl (C=O) groups excluding carboxylic acids is 2. The Morgan fingerprint density at radius 3 is 2.68 bits per heavy atom. The van der Waals surface area contributed by atoms with Gasteiger partial charge in [0.2, 0.25) is 5.91 Å². The van der Waals surface area contributed by atoms with Crippen LogP contribution in [0.4, 0.5) is 20.8 Å². The maximum atomic E-state index is 14.8. The number of pyridine rings is 1. The Hall–Kier alpha value is -3.76. The van der Waals surface area contributed by atoms with Crippen LogP contribution in [0.25, 0.3) is 17.0 Å². The van der Waals surface area contributed by atoms with Gasteiger partial charge in [-0.2, -0.15) is 0 Å². The molecule has 0 saturated carbocycles. The molecule has 0 bridgehead atoms. The van der Waals surface area contributed by atoms with Crippen molar-refractivity contribution in [2.75, 3.05) is 29.9 Å². The summed E-state index contributed by atoms with van der Waals surface area (Å²) in [5.41, 5.74) is 0.902. The van der Waals surface area contributed by atoms with Crippen LogP contribution in [0.1, 0.15) is 41.0 Å². The van der Waals surface area contributed by atoms with Gasteiger partial charge in [-0.05, 0) is 39.3 Å². The standard InChI is InChI=1S/C26H32FN7O3/c1-25(2,3)37-24(36)32-13-16(27)18(14-32)31-20-8-6-7-17(30-20)19-11-28-21-12-29-22(15-34(19)21)33-10-9-26(4,5)23(33)35/h6-8,11-12,15-16,18H,9-10,13-14H2,1-5H3,(H,30,31)/t16-,18-/m0/s1. The van der Waals surface area contributed by atoms with Gasteiger partial charge in [-0.1, -0.05) is 19.9 Å². The van der Waals surface area contributed by atoms with Crippen molar-refractivity contribution in [3.63, 3.8) is 0 Å². The normalized spacial score (nSPS) is 21.6. The number of likely N-dealkylation sites (tertiary alicyclic amines) is 1. The molecule has 0 aromatic carbocycles. The number of hydrogen-bond donors (Lipinski definition) is 1. The van der Waals surface area contributed by atoms with E-state index in [1.807, 2.05) is 30.4 Å². The van der Waals surface area contributed by atoms with Gasteiger partial charge in [-0.25, -0.2) is 24.1 Å². The molecule has 2 aliphatic heterocycles. The topological polar surface area (TPSA) is 105 Å². The number of imidazole rings is 1. The predicted octanol–water partition coefficient (Wildman–Crippen LogP) is 3.92. The molecule has 2 fully saturated rings. The minimum absolute atomic E-state index is 0.0403. The Morgan fingerprint density at radius 2 is 1.97 bits per heavy atom. The lowest BCUT2D eigenvalue weighted by molar-refractivity contribution is -0.124. The van der Waals surface area contributed by atoms with Crippen molar-refractivity contribution in [3.8, 4) is 11.4 Å². The van der Waals surface area contributed by atoms with E-state index in [2.05, 4.69) is 20.3 Å². The lowest BCUT2D eigenvalue weighted by atomic mass is 9.92. The average Bonchev–Trinajstić information content (AvgIpc) is 3.48. The van der Waals surface area contributed by atoms with Crippen LogP contribution in [-0.4, -0.2) is 73.7 Å². The lowest BCUT2D eigenvalue weighted by Gasteiger charge is -2.24. The van der Waals surface area contributed by atoms with Crippen LogP contribution in [0.15, 0.2) is 36.8 Å². The Labute approximate surface area is 214 Å². The van der Waals surface area contributed by atoms with Gasteiger partial charge >= 0.3 is 6.09 Å². The molecule has 37 heavy (non-hydrogen) atoms. The summed E-state index contributed by atoms with van der Waals surface area (Å²) in [4.78, 5) is 41.8. The third-order valence-electron chi connectivity index (χ3n) is 6.69. The first-order chi connectivity index (χ1) is 17.4. The summed E-state index contributed by atoms with van der Waals surface area (Å²) < 4.78 is 22.0. The van der Waals surface area contributed by atoms with Crippen LogP contribution >= 0.6 is 0 Å². The molecule has 2 atom stereocenters. The number of nitrogens with zero attached hydrogens (tertiary/aromatic N) is 6. The maximum Gasteiger partial charge on any atom is 0.410 e. The number of ether oxygens (including phenoxy) is 1. The summed E-state index contributed by atoms with van der Waals surface area (Å²) in [6.07, 6.45) is 4.10. The number of rotatable bonds is 4. The second-order valence-corrected chi connectivity index (χ2v) is 11.3. The summed E-state index contributed by atoms with van der Waals surface area (Å²) in [6.45, 7) is 9.97. The van der Waals surface area contributed by atoms with E-state index in [0.717, 1.165) is 6.42 Å². The molecule has 0 aliphatic carbocycles. The molecule has 0 spiro atoms. The molecule has 5 heterocycles. The zero-order chi connectivity index (χ0) is 26.5. The molecule has 3 aromatic heterocycles. The Kier molecular flexibility index (Phi) is 6.04. The van der Waals surface area contributed by atoms with E-state index in [-0.39, 0.29) is 19.0 Å². The summed E-state index contributed by atoms with van der Waals surface area (Å²) in [5, 5.41) is 3.13. The number of anilines is 2. The molecule has 0 radical (unpaired) electrons. The highest BCUT2D eigenvalue weighted by atomic mass is 19.1. The molecule has 3 aromatic rings. The van der Waals surface area contributed by atoms with Crippen molar-refractivity contribution in [1.29, 1.82) is 0 Å². The fraction of sp³-hybridized carbons (Fsp3) is 0.500. The second kappa shape index (κ2) is 8.97. The Morgan fingerprint density at radius 1 is 1.19 bits per heavy atom. The van der Waals surface area contributed by atoms with Crippen molar-refractivity contribution < 1.29 is 18.7 Å². The van der Waals surface area contributed by atoms with E-state index in [9.17, 15) is 14.0 Å². The summed E-state index contributed by atoms with van der Waals surface area (Å²) >= 11 is 0. The first-order valence-corrected chi connectivity index (χ1v) is 12.4. The average molecular weight is 510 g/mol.